The zero-order valence-electron chi connectivity index (χ0n) is 19.5. The first-order chi connectivity index (χ1) is 17.4. The summed E-state index contributed by atoms with van der Waals surface area (Å²) in [7, 11) is 0. The van der Waals surface area contributed by atoms with Gasteiger partial charge in [-0.2, -0.15) is 0 Å². The third kappa shape index (κ3) is 6.09. The number of ketones is 1. The van der Waals surface area contributed by atoms with Crippen molar-refractivity contribution in [3.05, 3.63) is 106 Å². The molecule has 184 valence electrons. The Bertz CT molecular complexity index is 1250. The van der Waals surface area contributed by atoms with Gasteiger partial charge in [-0.25, -0.2) is 19.6 Å². The van der Waals surface area contributed by atoms with Gasteiger partial charge in [0.25, 0.3) is 5.91 Å². The highest BCUT2D eigenvalue weighted by Gasteiger charge is 2.28. The van der Waals surface area contributed by atoms with Gasteiger partial charge in [0.2, 0.25) is 0 Å². The van der Waals surface area contributed by atoms with Crippen molar-refractivity contribution in [1.82, 2.24) is 10.3 Å². The van der Waals surface area contributed by atoms with Gasteiger partial charge in [0.05, 0.1) is 5.56 Å². The molecule has 1 aromatic heterocycles. The van der Waals surface area contributed by atoms with Gasteiger partial charge in [0.1, 0.15) is 17.5 Å². The summed E-state index contributed by atoms with van der Waals surface area (Å²) in [5.41, 5.74) is 4.36. The highest BCUT2D eigenvalue weighted by molar-refractivity contribution is 6.14. The number of hydrogen-bond acceptors (Lipinski definition) is 5. The molecule has 1 aliphatic carbocycles. The predicted molar refractivity (Wildman–Crippen MR) is 135 cm³/mol. The average molecular weight is 489 g/mol. The second-order valence-electron chi connectivity index (χ2n) is 8.61. The van der Waals surface area contributed by atoms with Gasteiger partial charge in [-0.15, -0.1) is 0 Å². The van der Waals surface area contributed by atoms with E-state index in [-0.39, 0.29) is 17.6 Å². The number of allylic oxidation sites excluding steroid dienone is 2. The van der Waals surface area contributed by atoms with Crippen molar-refractivity contribution in [3.63, 3.8) is 0 Å². The lowest BCUT2D eigenvalue weighted by Crippen LogP contribution is -2.28. The Hall–Kier alpha value is -4.17. The van der Waals surface area contributed by atoms with E-state index in [2.05, 4.69) is 15.7 Å². The molecule has 1 heterocycles. The number of pyridine rings is 1. The van der Waals surface area contributed by atoms with Crippen LogP contribution in [0, 0.1) is 17.6 Å². The topological polar surface area (TPSA) is 97.1 Å². The number of amides is 1. The molecule has 4 rings (SSSR count). The molecule has 36 heavy (non-hydrogen) atoms. The number of benzene rings is 2. The second kappa shape index (κ2) is 11.5. The Kier molecular flexibility index (Phi) is 7.97. The monoisotopic (exact) mass is 488 g/mol. The summed E-state index contributed by atoms with van der Waals surface area (Å²) in [6, 6.07) is 15.7. The summed E-state index contributed by atoms with van der Waals surface area (Å²) < 4.78 is 28.6. The molecule has 0 spiro atoms. The molecule has 6 nitrogen and oxygen atoms in total. The summed E-state index contributed by atoms with van der Waals surface area (Å²) in [6.45, 7) is 0.370. The van der Waals surface area contributed by atoms with Crippen molar-refractivity contribution >= 4 is 29.7 Å². The molecule has 0 aliphatic heterocycles. The fourth-order valence-corrected chi connectivity index (χ4v) is 4.20. The number of carbonyl (C=O) groups is 2. The van der Waals surface area contributed by atoms with Crippen LogP contribution in [0.15, 0.2) is 78.0 Å². The van der Waals surface area contributed by atoms with Crippen LogP contribution in [0.3, 0.4) is 0 Å². The number of Topliss-reactive ketones (excluding diaryl/α,β-unsaturated/α-hetero) is 1. The van der Waals surface area contributed by atoms with Crippen LogP contribution in [-0.4, -0.2) is 23.2 Å². The smallest absolute Gasteiger partial charge is 0.252 e. The van der Waals surface area contributed by atoms with Crippen LogP contribution in [0.5, 0.6) is 0 Å². The molecule has 3 aromatic rings. The van der Waals surface area contributed by atoms with Crippen LogP contribution >= 0.6 is 0 Å². The number of hydrazine groups is 1. The van der Waals surface area contributed by atoms with Gasteiger partial charge < -0.3 is 10.7 Å². The molecule has 0 bridgehead atoms. The SMILES string of the molecule is NNc1ccc(C(=O)NCCC2C/C(=C\c3ccccc3F)C(=O)/C(=C/c3ccccc3F)C2)cn1. The minimum absolute atomic E-state index is 0.000915. The molecule has 0 unspecified atom stereocenters. The van der Waals surface area contributed by atoms with Crippen LogP contribution < -0.4 is 16.6 Å². The number of anilines is 1. The molecule has 0 radical (unpaired) electrons. The number of halogens is 2. The van der Waals surface area contributed by atoms with E-state index in [4.69, 9.17) is 5.84 Å². The minimum Gasteiger partial charge on any atom is -0.352 e. The lowest BCUT2D eigenvalue weighted by molar-refractivity contribution is -0.113. The van der Waals surface area contributed by atoms with Gasteiger partial charge in [-0.1, -0.05) is 36.4 Å². The van der Waals surface area contributed by atoms with E-state index in [1.54, 1.807) is 60.7 Å². The van der Waals surface area contributed by atoms with Crippen molar-refractivity contribution in [3.8, 4) is 0 Å². The Morgan fingerprint density at radius 1 is 0.944 bits per heavy atom. The summed E-state index contributed by atoms with van der Waals surface area (Å²) in [5, 5.41) is 2.87. The van der Waals surface area contributed by atoms with E-state index in [1.165, 1.54) is 18.3 Å². The van der Waals surface area contributed by atoms with E-state index < -0.39 is 11.6 Å². The number of hydrogen-bond donors (Lipinski definition) is 3. The maximum atomic E-state index is 14.3. The van der Waals surface area contributed by atoms with Crippen LogP contribution in [0.2, 0.25) is 0 Å². The molecular formula is C28H26F2N4O2. The van der Waals surface area contributed by atoms with Gasteiger partial charge in [-0.05, 0) is 61.6 Å². The summed E-state index contributed by atoms with van der Waals surface area (Å²) in [6.07, 6.45) is 5.99. The van der Waals surface area contributed by atoms with Crippen molar-refractivity contribution in [2.75, 3.05) is 12.0 Å². The second-order valence-corrected chi connectivity index (χ2v) is 8.61. The summed E-state index contributed by atoms with van der Waals surface area (Å²) in [4.78, 5) is 29.7. The molecule has 1 amide bonds. The fourth-order valence-electron chi connectivity index (χ4n) is 4.20. The maximum Gasteiger partial charge on any atom is 0.252 e. The molecule has 2 aromatic carbocycles. The molecule has 0 saturated heterocycles. The Morgan fingerprint density at radius 3 is 2.03 bits per heavy atom. The standard InChI is InChI=1S/C28H26F2N4O2/c29-24-7-3-1-5-19(24)15-22-13-18(11-12-32-28(36)21-9-10-26(34-31)33-17-21)14-23(27(22)35)16-20-6-2-4-8-25(20)30/h1-10,15-18H,11-14,31H2,(H,32,36)(H,33,34)/b22-15+,23-16+. The third-order valence-electron chi connectivity index (χ3n) is 6.08. The van der Waals surface area contributed by atoms with Crippen LogP contribution in [0.4, 0.5) is 14.6 Å². The van der Waals surface area contributed by atoms with Crippen molar-refractivity contribution in [2.45, 2.75) is 19.3 Å². The van der Waals surface area contributed by atoms with Crippen molar-refractivity contribution < 1.29 is 18.4 Å². The van der Waals surface area contributed by atoms with Crippen molar-refractivity contribution in [2.24, 2.45) is 11.8 Å². The molecule has 4 N–H and O–H groups in total. The number of nitrogens with two attached hydrogens (primary N) is 1. The van der Waals surface area contributed by atoms with E-state index in [9.17, 15) is 18.4 Å². The largest absolute Gasteiger partial charge is 0.352 e. The number of nitrogens with one attached hydrogen (secondary N) is 2. The summed E-state index contributed by atoms with van der Waals surface area (Å²) >= 11 is 0. The molecule has 8 heteroatoms. The van der Waals surface area contributed by atoms with Gasteiger partial charge in [0, 0.05) is 35.0 Å². The molecular weight excluding hydrogens is 462 g/mol. The first kappa shape index (κ1) is 24.9. The zero-order valence-corrected chi connectivity index (χ0v) is 19.5. The molecule has 1 saturated carbocycles. The van der Waals surface area contributed by atoms with E-state index in [1.807, 2.05) is 0 Å². The predicted octanol–water partition coefficient (Wildman–Crippen LogP) is 4.91. The number of nitrogen functional groups attached to an aromatic ring is 1. The quantitative estimate of drug-likeness (QED) is 0.249. The number of rotatable bonds is 7. The first-order valence-electron chi connectivity index (χ1n) is 11.6. The first-order valence-corrected chi connectivity index (χ1v) is 11.6. The molecule has 1 aliphatic rings. The molecule has 1 fully saturated rings. The Morgan fingerprint density at radius 2 is 1.53 bits per heavy atom. The van der Waals surface area contributed by atoms with E-state index >= 15 is 0 Å². The van der Waals surface area contributed by atoms with Gasteiger partial charge >= 0.3 is 0 Å². The molecule has 0 atom stereocenters. The lowest BCUT2D eigenvalue weighted by Gasteiger charge is -2.26. The Labute approximate surface area is 207 Å². The van der Waals surface area contributed by atoms with E-state index in [0.29, 0.717) is 59.5 Å². The van der Waals surface area contributed by atoms with Crippen LogP contribution in [-0.2, 0) is 4.79 Å². The van der Waals surface area contributed by atoms with Crippen LogP contribution in [0.25, 0.3) is 12.2 Å². The minimum atomic E-state index is -0.420. The third-order valence-corrected chi connectivity index (χ3v) is 6.08. The highest BCUT2D eigenvalue weighted by Crippen LogP contribution is 2.34. The van der Waals surface area contributed by atoms with Gasteiger partial charge in [-0.3, -0.25) is 9.59 Å². The number of aromatic nitrogens is 1. The maximum absolute atomic E-state index is 14.3. The van der Waals surface area contributed by atoms with Gasteiger partial charge in [0.15, 0.2) is 5.78 Å². The Balaban J connectivity index is 1.52. The fraction of sp³-hybridized carbons (Fsp3) is 0.179. The lowest BCUT2D eigenvalue weighted by atomic mass is 9.78. The summed E-state index contributed by atoms with van der Waals surface area (Å²) in [5.74, 6) is 4.41. The van der Waals surface area contributed by atoms with Crippen molar-refractivity contribution in [1.29, 1.82) is 0 Å². The zero-order chi connectivity index (χ0) is 25.5. The number of nitrogens with zero attached hydrogens (tertiary/aromatic N) is 1. The van der Waals surface area contributed by atoms with Crippen LogP contribution in [0.1, 0.15) is 40.7 Å². The average Bonchev–Trinajstić information content (AvgIpc) is 2.89. The highest BCUT2D eigenvalue weighted by atomic mass is 19.1. The number of carbonyl (C=O) groups excluding carboxylic acids is 2. The normalized spacial score (nSPS) is 17.9. The van der Waals surface area contributed by atoms with E-state index in [0.717, 1.165) is 0 Å².